The molecule has 3 aromatic rings. The number of nitrogens with zero attached hydrogens (tertiary/aromatic N) is 1. The summed E-state index contributed by atoms with van der Waals surface area (Å²) >= 11 is 3.39. The van der Waals surface area contributed by atoms with Crippen LogP contribution in [0.5, 0.6) is 0 Å². The highest BCUT2D eigenvalue weighted by Crippen LogP contribution is 2.23. The number of rotatable bonds is 11. The topological polar surface area (TPSA) is 104 Å². The van der Waals surface area contributed by atoms with Crippen molar-refractivity contribution < 1.29 is 23.1 Å². The van der Waals surface area contributed by atoms with E-state index < -0.39 is 27.9 Å². The van der Waals surface area contributed by atoms with Gasteiger partial charge in [0.2, 0.25) is 0 Å². The molecular weight excluding hydrogens is 544 g/mol. The van der Waals surface area contributed by atoms with Gasteiger partial charge in [0.25, 0.3) is 15.9 Å². The molecule has 0 aliphatic heterocycles. The van der Waals surface area contributed by atoms with Gasteiger partial charge in [0.1, 0.15) is 6.04 Å². The van der Waals surface area contributed by atoms with Gasteiger partial charge in [-0.05, 0) is 53.5 Å². The van der Waals surface area contributed by atoms with Gasteiger partial charge in [-0.3, -0.25) is 4.79 Å². The normalized spacial score (nSPS) is 12.4. The minimum absolute atomic E-state index is 0.0900. The van der Waals surface area contributed by atoms with Crippen molar-refractivity contribution in [3.8, 4) is 11.1 Å². The van der Waals surface area contributed by atoms with Crippen molar-refractivity contribution in [1.82, 2.24) is 9.84 Å². The van der Waals surface area contributed by atoms with Crippen molar-refractivity contribution in [2.24, 2.45) is 0 Å². The molecule has 3 aromatic carbocycles. The summed E-state index contributed by atoms with van der Waals surface area (Å²) in [6, 6.07) is 21.3. The molecule has 0 spiro atoms. The lowest BCUT2D eigenvalue weighted by Gasteiger charge is -2.28. The quantitative estimate of drug-likeness (QED) is 0.234. The van der Waals surface area contributed by atoms with Crippen LogP contribution in [0.25, 0.3) is 17.2 Å². The molecule has 188 valence electrons. The third-order valence-corrected chi connectivity index (χ3v) is 7.30. The van der Waals surface area contributed by atoms with E-state index in [0.717, 1.165) is 27.2 Å². The number of carboxylic acid groups (broad SMARTS) is 1. The van der Waals surface area contributed by atoms with Crippen molar-refractivity contribution in [2.45, 2.75) is 37.1 Å². The average Bonchev–Trinajstić information content (AvgIpc) is 2.87. The predicted octanol–water partition coefficient (Wildman–Crippen LogP) is 5.49. The molecule has 9 heteroatoms. The van der Waals surface area contributed by atoms with Crippen LogP contribution in [-0.2, 0) is 19.6 Å². The molecule has 36 heavy (non-hydrogen) atoms. The van der Waals surface area contributed by atoms with Crippen molar-refractivity contribution in [3.05, 3.63) is 95.0 Å². The van der Waals surface area contributed by atoms with Gasteiger partial charge in [-0.1, -0.05) is 90.3 Å². The van der Waals surface area contributed by atoms with Crippen LogP contribution >= 0.6 is 15.9 Å². The lowest BCUT2D eigenvalue weighted by Crippen LogP contribution is -2.54. The second-order valence-electron chi connectivity index (χ2n) is 8.07. The maximum Gasteiger partial charge on any atom is 0.328 e. The Balaban J connectivity index is 1.89. The molecule has 0 bridgehead atoms. The number of hydrogen-bond acceptors (Lipinski definition) is 4. The highest BCUT2D eigenvalue weighted by atomic mass is 79.9. The van der Waals surface area contributed by atoms with Gasteiger partial charge in [-0.2, -0.15) is 0 Å². The fourth-order valence-corrected chi connectivity index (χ4v) is 4.83. The Kier molecular flexibility index (Phi) is 9.58. The molecule has 0 aromatic heterocycles. The van der Waals surface area contributed by atoms with Crippen LogP contribution in [0.2, 0.25) is 0 Å². The maximum absolute atomic E-state index is 13.2. The molecule has 7 nitrogen and oxygen atoms in total. The number of amides is 1. The summed E-state index contributed by atoms with van der Waals surface area (Å²) in [7, 11) is -4.25. The van der Waals surface area contributed by atoms with Crippen LogP contribution in [0.3, 0.4) is 0 Å². The number of carboxylic acids is 1. The molecule has 0 saturated carbocycles. The van der Waals surface area contributed by atoms with E-state index in [0.29, 0.717) is 17.9 Å². The average molecular weight is 571 g/mol. The van der Waals surface area contributed by atoms with E-state index in [4.69, 9.17) is 0 Å². The number of nitrogens with one attached hydrogen (secondary N) is 1. The number of hydrazine groups is 1. The highest BCUT2D eigenvalue weighted by Gasteiger charge is 2.32. The second kappa shape index (κ2) is 12.6. The molecule has 0 saturated heterocycles. The molecule has 0 radical (unpaired) electrons. The van der Waals surface area contributed by atoms with Crippen LogP contribution in [0, 0.1) is 0 Å². The van der Waals surface area contributed by atoms with Gasteiger partial charge in [-0.15, -0.1) is 4.83 Å². The number of unbranched alkanes of at least 4 members (excludes halogenated alkanes) is 1. The SMILES string of the molecule is CCCCC(C(=O)O)N(NS(=O)(=O)c1ccc(-c2ccc(Br)cc2)cc1)C(=O)C=Cc1ccccc1. The van der Waals surface area contributed by atoms with Gasteiger partial charge in [-0.25, -0.2) is 18.2 Å². The van der Waals surface area contributed by atoms with E-state index in [1.165, 1.54) is 18.2 Å². The van der Waals surface area contributed by atoms with Crippen molar-refractivity contribution in [1.29, 1.82) is 0 Å². The Morgan fingerprint density at radius 2 is 1.56 bits per heavy atom. The van der Waals surface area contributed by atoms with E-state index >= 15 is 0 Å². The Hall–Kier alpha value is -3.27. The van der Waals surface area contributed by atoms with Crippen LogP contribution in [0.1, 0.15) is 31.7 Å². The number of carbonyl (C=O) groups excluding carboxylic acids is 1. The number of hydrogen-bond donors (Lipinski definition) is 2. The number of benzene rings is 3. The highest BCUT2D eigenvalue weighted by molar-refractivity contribution is 9.10. The summed E-state index contributed by atoms with van der Waals surface area (Å²) in [5, 5.41) is 10.5. The van der Waals surface area contributed by atoms with Gasteiger partial charge < -0.3 is 5.11 Å². The molecular formula is C27H27BrN2O5S. The minimum Gasteiger partial charge on any atom is -0.480 e. The molecule has 1 atom stereocenters. The number of sulfonamides is 1. The zero-order chi connectivity index (χ0) is 26.1. The van der Waals surface area contributed by atoms with Gasteiger partial charge in [0, 0.05) is 10.5 Å². The largest absolute Gasteiger partial charge is 0.480 e. The monoisotopic (exact) mass is 570 g/mol. The minimum atomic E-state index is -4.25. The van der Waals surface area contributed by atoms with Gasteiger partial charge >= 0.3 is 5.97 Å². The lowest BCUT2D eigenvalue weighted by atomic mass is 10.1. The second-order valence-corrected chi connectivity index (χ2v) is 10.7. The summed E-state index contributed by atoms with van der Waals surface area (Å²) < 4.78 is 27.3. The van der Waals surface area contributed by atoms with E-state index in [9.17, 15) is 23.1 Å². The predicted molar refractivity (Wildman–Crippen MR) is 143 cm³/mol. The van der Waals surface area contributed by atoms with Gasteiger partial charge in [0.15, 0.2) is 0 Å². The standard InChI is InChI=1S/C27H27BrN2O5S/c1-2-3-9-25(27(32)33)30(26(31)19-10-20-7-5-4-6-8-20)29-36(34,35)24-17-13-22(14-18-24)21-11-15-23(28)16-12-21/h4-8,10-19,25,29H,2-3,9H2,1H3,(H,32,33). The third kappa shape index (κ3) is 7.36. The zero-order valence-corrected chi connectivity index (χ0v) is 22.1. The van der Waals surface area contributed by atoms with E-state index in [2.05, 4.69) is 20.8 Å². The zero-order valence-electron chi connectivity index (χ0n) is 19.7. The Morgan fingerprint density at radius 3 is 2.11 bits per heavy atom. The summed E-state index contributed by atoms with van der Waals surface area (Å²) in [6.45, 7) is 1.89. The maximum atomic E-state index is 13.2. The first-order valence-corrected chi connectivity index (χ1v) is 13.7. The van der Waals surface area contributed by atoms with Crippen molar-refractivity contribution >= 4 is 43.9 Å². The molecule has 3 rings (SSSR count). The number of halogens is 1. The fourth-order valence-electron chi connectivity index (χ4n) is 3.49. The molecule has 1 amide bonds. The fraction of sp³-hybridized carbons (Fsp3) is 0.185. The molecule has 2 N–H and O–H groups in total. The van der Waals surface area contributed by atoms with Crippen molar-refractivity contribution in [3.63, 3.8) is 0 Å². The van der Waals surface area contributed by atoms with Crippen molar-refractivity contribution in [2.75, 3.05) is 0 Å². The first kappa shape index (κ1) is 27.3. The Morgan fingerprint density at radius 1 is 0.972 bits per heavy atom. The third-order valence-electron chi connectivity index (χ3n) is 5.44. The smallest absolute Gasteiger partial charge is 0.328 e. The molecule has 0 fully saturated rings. The summed E-state index contributed by atoms with van der Waals surface area (Å²) in [5.74, 6) is -2.07. The molecule has 0 aliphatic rings. The first-order valence-electron chi connectivity index (χ1n) is 11.4. The molecule has 1 unspecified atom stereocenters. The Labute approximate surface area is 219 Å². The van der Waals surface area contributed by atoms with Crippen LogP contribution < -0.4 is 4.83 Å². The van der Waals surface area contributed by atoms with E-state index in [1.807, 2.05) is 37.3 Å². The van der Waals surface area contributed by atoms with Crippen LogP contribution in [0.4, 0.5) is 0 Å². The molecule has 0 heterocycles. The Bertz CT molecular complexity index is 1310. The first-order chi connectivity index (χ1) is 17.2. The number of carbonyl (C=O) groups is 2. The molecule has 0 aliphatic carbocycles. The van der Waals surface area contributed by atoms with E-state index in [-0.39, 0.29) is 11.3 Å². The van der Waals surface area contributed by atoms with Crippen LogP contribution in [-0.4, -0.2) is 36.5 Å². The summed E-state index contributed by atoms with van der Waals surface area (Å²) in [6.07, 6.45) is 3.97. The summed E-state index contributed by atoms with van der Waals surface area (Å²) in [4.78, 5) is 27.2. The van der Waals surface area contributed by atoms with Crippen LogP contribution in [0.15, 0.2) is 94.3 Å². The number of aliphatic carboxylic acids is 1. The summed E-state index contributed by atoms with van der Waals surface area (Å²) in [5.41, 5.74) is 2.44. The van der Waals surface area contributed by atoms with Gasteiger partial charge in [0.05, 0.1) is 4.90 Å². The van der Waals surface area contributed by atoms with E-state index in [1.54, 1.807) is 36.4 Å². The lowest BCUT2D eigenvalue weighted by molar-refractivity contribution is -0.150.